The van der Waals surface area contributed by atoms with Crippen molar-refractivity contribution >= 4 is 41.6 Å². The first-order valence-corrected chi connectivity index (χ1v) is 7.44. The van der Waals surface area contributed by atoms with Gasteiger partial charge in [0.2, 0.25) is 4.77 Å². The third kappa shape index (κ3) is 2.99. The molecule has 0 bridgehead atoms. The molecule has 0 atom stereocenters. The fourth-order valence-electron chi connectivity index (χ4n) is 1.87. The molecule has 1 N–H and O–H groups in total. The maximum Gasteiger partial charge on any atom is 0.216 e. The number of rotatable bonds is 3. The van der Waals surface area contributed by atoms with Gasteiger partial charge in [0.1, 0.15) is 17.3 Å². The lowest BCUT2D eigenvalue weighted by molar-refractivity contribution is 0.574. The lowest BCUT2D eigenvalue weighted by atomic mass is 10.2. The van der Waals surface area contributed by atoms with Gasteiger partial charge in [0.25, 0.3) is 0 Å². The maximum absolute atomic E-state index is 6.16. The van der Waals surface area contributed by atoms with Gasteiger partial charge < -0.3 is 4.42 Å². The smallest absolute Gasteiger partial charge is 0.216 e. The summed E-state index contributed by atoms with van der Waals surface area (Å²) in [5, 5.41) is 12.0. The summed E-state index contributed by atoms with van der Waals surface area (Å²) in [7, 11) is 0. The van der Waals surface area contributed by atoms with E-state index in [0.29, 0.717) is 32.2 Å². The minimum Gasteiger partial charge on any atom is -0.455 e. The van der Waals surface area contributed by atoms with Gasteiger partial charge in [-0.2, -0.15) is 14.9 Å². The van der Waals surface area contributed by atoms with Crippen molar-refractivity contribution < 1.29 is 4.42 Å². The molecule has 0 spiro atoms. The van der Waals surface area contributed by atoms with Crippen LogP contribution in [0.5, 0.6) is 0 Å². The molecule has 3 aromatic rings. The SMILES string of the molecule is Cc1n[nH]c(=S)n1/N=C/c1ccc(-c2cc(Cl)ccc2Cl)o1. The molecule has 0 radical (unpaired) electrons. The monoisotopic (exact) mass is 352 g/mol. The summed E-state index contributed by atoms with van der Waals surface area (Å²) >= 11 is 17.2. The summed E-state index contributed by atoms with van der Waals surface area (Å²) in [5.74, 6) is 1.83. The second kappa shape index (κ2) is 6.08. The van der Waals surface area contributed by atoms with Crippen LogP contribution in [0.25, 0.3) is 11.3 Å². The van der Waals surface area contributed by atoms with Crippen LogP contribution >= 0.6 is 35.4 Å². The van der Waals surface area contributed by atoms with Crippen molar-refractivity contribution in [2.75, 3.05) is 0 Å². The molecule has 112 valence electrons. The molecular formula is C14H10Cl2N4OS. The Labute approximate surface area is 141 Å². The molecular weight excluding hydrogens is 343 g/mol. The van der Waals surface area contributed by atoms with Crippen molar-refractivity contribution in [1.82, 2.24) is 14.9 Å². The summed E-state index contributed by atoms with van der Waals surface area (Å²) < 4.78 is 7.63. The van der Waals surface area contributed by atoms with Crippen LogP contribution < -0.4 is 0 Å². The van der Waals surface area contributed by atoms with Crippen molar-refractivity contribution in [3.63, 3.8) is 0 Å². The standard InChI is InChI=1S/C14H10Cl2N4OS/c1-8-18-19-14(22)20(8)17-7-10-3-5-13(21-10)11-6-9(15)2-4-12(11)16/h2-7H,1H3,(H,19,22)/b17-7+. The molecule has 0 fully saturated rings. The number of hydrogen-bond acceptors (Lipinski definition) is 4. The highest BCUT2D eigenvalue weighted by Crippen LogP contribution is 2.31. The van der Waals surface area contributed by atoms with E-state index in [9.17, 15) is 0 Å². The van der Waals surface area contributed by atoms with E-state index in [1.54, 1.807) is 43.5 Å². The zero-order valence-electron chi connectivity index (χ0n) is 11.4. The molecule has 8 heteroatoms. The number of aryl methyl sites for hydroxylation is 1. The molecule has 0 aliphatic rings. The summed E-state index contributed by atoms with van der Waals surface area (Å²) in [6.45, 7) is 1.79. The number of aromatic nitrogens is 3. The van der Waals surface area contributed by atoms with Gasteiger partial charge in [-0.25, -0.2) is 0 Å². The van der Waals surface area contributed by atoms with Crippen LogP contribution in [-0.4, -0.2) is 21.1 Å². The minimum atomic E-state index is 0.415. The fourth-order valence-corrected chi connectivity index (χ4v) is 2.48. The van der Waals surface area contributed by atoms with E-state index >= 15 is 0 Å². The summed E-state index contributed by atoms with van der Waals surface area (Å²) in [6.07, 6.45) is 1.56. The normalized spacial score (nSPS) is 11.4. The minimum absolute atomic E-state index is 0.415. The number of halogens is 2. The highest BCUT2D eigenvalue weighted by molar-refractivity contribution is 7.71. The molecule has 0 aliphatic heterocycles. The van der Waals surface area contributed by atoms with Crippen LogP contribution in [-0.2, 0) is 0 Å². The number of nitrogens with one attached hydrogen (secondary N) is 1. The van der Waals surface area contributed by atoms with Gasteiger partial charge in [0.15, 0.2) is 0 Å². The highest BCUT2D eigenvalue weighted by atomic mass is 35.5. The number of furan rings is 1. The van der Waals surface area contributed by atoms with Crippen LogP contribution in [0.1, 0.15) is 11.6 Å². The number of aromatic amines is 1. The molecule has 0 amide bonds. The first kappa shape index (κ1) is 15.0. The second-order valence-electron chi connectivity index (χ2n) is 4.46. The first-order valence-electron chi connectivity index (χ1n) is 6.28. The maximum atomic E-state index is 6.16. The Balaban J connectivity index is 1.91. The molecule has 2 heterocycles. The van der Waals surface area contributed by atoms with Crippen molar-refractivity contribution in [2.45, 2.75) is 6.92 Å². The van der Waals surface area contributed by atoms with Gasteiger partial charge in [0, 0.05) is 10.6 Å². The van der Waals surface area contributed by atoms with E-state index in [4.69, 9.17) is 39.8 Å². The Morgan fingerprint density at radius 2 is 2.14 bits per heavy atom. The second-order valence-corrected chi connectivity index (χ2v) is 5.69. The van der Waals surface area contributed by atoms with E-state index in [1.165, 1.54) is 4.68 Å². The predicted molar refractivity (Wildman–Crippen MR) is 89.3 cm³/mol. The van der Waals surface area contributed by atoms with E-state index in [-0.39, 0.29) is 0 Å². The van der Waals surface area contributed by atoms with Gasteiger partial charge in [-0.15, -0.1) is 0 Å². The number of H-pyrrole nitrogens is 1. The van der Waals surface area contributed by atoms with Gasteiger partial charge in [-0.05, 0) is 49.5 Å². The Bertz CT molecular complexity index is 910. The Hall–Kier alpha value is -1.89. The van der Waals surface area contributed by atoms with Crippen molar-refractivity contribution in [3.05, 3.63) is 56.7 Å². The van der Waals surface area contributed by atoms with E-state index in [1.807, 2.05) is 0 Å². The zero-order valence-corrected chi connectivity index (χ0v) is 13.7. The molecule has 22 heavy (non-hydrogen) atoms. The lowest BCUT2D eigenvalue weighted by Crippen LogP contribution is -1.92. The van der Waals surface area contributed by atoms with Crippen LogP contribution in [0.15, 0.2) is 39.9 Å². The molecule has 3 rings (SSSR count). The molecule has 0 saturated heterocycles. The Kier molecular flexibility index (Phi) is 4.15. The van der Waals surface area contributed by atoms with Gasteiger partial charge >= 0.3 is 0 Å². The van der Waals surface area contributed by atoms with Gasteiger partial charge in [-0.1, -0.05) is 23.2 Å². The van der Waals surface area contributed by atoms with Crippen molar-refractivity contribution in [1.29, 1.82) is 0 Å². The summed E-state index contributed by atoms with van der Waals surface area (Å²) in [6, 6.07) is 8.79. The highest BCUT2D eigenvalue weighted by Gasteiger charge is 2.09. The molecule has 0 aliphatic carbocycles. The molecule has 2 aromatic heterocycles. The largest absolute Gasteiger partial charge is 0.455 e. The lowest BCUT2D eigenvalue weighted by Gasteiger charge is -2.01. The molecule has 0 saturated carbocycles. The molecule has 1 aromatic carbocycles. The number of benzene rings is 1. The van der Waals surface area contributed by atoms with E-state index in [2.05, 4.69) is 15.3 Å². The van der Waals surface area contributed by atoms with Crippen LogP contribution in [0, 0.1) is 11.7 Å². The molecule has 5 nitrogen and oxygen atoms in total. The summed E-state index contributed by atoms with van der Waals surface area (Å²) in [5.41, 5.74) is 0.727. The van der Waals surface area contributed by atoms with E-state index < -0.39 is 0 Å². The van der Waals surface area contributed by atoms with E-state index in [0.717, 1.165) is 5.56 Å². The first-order chi connectivity index (χ1) is 10.5. The van der Waals surface area contributed by atoms with Crippen LogP contribution in [0.3, 0.4) is 0 Å². The van der Waals surface area contributed by atoms with Crippen LogP contribution in [0.4, 0.5) is 0 Å². The van der Waals surface area contributed by atoms with Crippen molar-refractivity contribution in [2.24, 2.45) is 5.10 Å². The Morgan fingerprint density at radius 1 is 1.32 bits per heavy atom. The summed E-state index contributed by atoms with van der Waals surface area (Å²) in [4.78, 5) is 0. The number of hydrogen-bond donors (Lipinski definition) is 1. The zero-order chi connectivity index (χ0) is 15.7. The number of nitrogens with zero attached hydrogens (tertiary/aromatic N) is 3. The third-order valence-electron chi connectivity index (χ3n) is 2.93. The molecule has 0 unspecified atom stereocenters. The van der Waals surface area contributed by atoms with Gasteiger partial charge in [-0.3, -0.25) is 5.10 Å². The predicted octanol–water partition coefficient (Wildman–Crippen LogP) is 4.70. The third-order valence-corrected chi connectivity index (χ3v) is 3.76. The average Bonchev–Trinajstić information content (AvgIpc) is 3.07. The average molecular weight is 353 g/mol. The van der Waals surface area contributed by atoms with Crippen molar-refractivity contribution in [3.8, 4) is 11.3 Å². The quantitative estimate of drug-likeness (QED) is 0.549. The fraction of sp³-hybridized carbons (Fsp3) is 0.0714. The van der Waals surface area contributed by atoms with Crippen LogP contribution in [0.2, 0.25) is 10.0 Å². The Morgan fingerprint density at radius 3 is 2.86 bits per heavy atom. The van der Waals surface area contributed by atoms with Gasteiger partial charge in [0.05, 0.1) is 11.2 Å². The topological polar surface area (TPSA) is 59.1 Å².